The van der Waals surface area contributed by atoms with Crippen LogP contribution >= 0.6 is 0 Å². The monoisotopic (exact) mass is 268 g/mol. The molecule has 0 nitrogen and oxygen atoms in total. The van der Waals surface area contributed by atoms with Crippen LogP contribution in [0.3, 0.4) is 0 Å². The van der Waals surface area contributed by atoms with Gasteiger partial charge in [-0.15, -0.1) is 0 Å². The van der Waals surface area contributed by atoms with Crippen molar-refractivity contribution in [2.24, 2.45) is 0 Å². The lowest BCUT2D eigenvalue weighted by Gasteiger charge is -2.18. The minimum atomic E-state index is -4.10. The summed E-state index contributed by atoms with van der Waals surface area (Å²) in [5.74, 6) is 0.780. The van der Waals surface area contributed by atoms with Crippen LogP contribution in [0.2, 0.25) is 0 Å². The SMILES string of the molecule is CCc1cc(C2CC2)c(CC(F)(F)F)c(C2CC2)c1. The Hall–Kier alpha value is -0.990. The zero-order chi connectivity index (χ0) is 13.6. The summed E-state index contributed by atoms with van der Waals surface area (Å²) in [4.78, 5) is 0. The first-order valence-corrected chi connectivity index (χ1v) is 7.20. The average Bonchev–Trinajstić information content (AvgIpc) is 3.18. The maximum atomic E-state index is 12.9. The Morgan fingerprint density at radius 1 is 1.00 bits per heavy atom. The molecule has 2 fully saturated rings. The summed E-state index contributed by atoms with van der Waals surface area (Å²) >= 11 is 0. The topological polar surface area (TPSA) is 0 Å². The van der Waals surface area contributed by atoms with Crippen LogP contribution < -0.4 is 0 Å². The molecule has 0 N–H and O–H groups in total. The molecule has 0 bridgehead atoms. The first-order chi connectivity index (χ1) is 8.98. The molecule has 3 heteroatoms. The van der Waals surface area contributed by atoms with Crippen LogP contribution in [0.4, 0.5) is 13.2 Å². The predicted molar refractivity (Wildman–Crippen MR) is 69.5 cm³/mol. The van der Waals surface area contributed by atoms with Gasteiger partial charge in [-0.25, -0.2) is 0 Å². The Morgan fingerprint density at radius 2 is 1.47 bits per heavy atom. The largest absolute Gasteiger partial charge is 0.393 e. The highest BCUT2D eigenvalue weighted by Gasteiger charge is 2.37. The molecule has 0 spiro atoms. The van der Waals surface area contributed by atoms with Crippen molar-refractivity contribution >= 4 is 0 Å². The van der Waals surface area contributed by atoms with E-state index in [2.05, 4.69) is 6.92 Å². The normalized spacial score (nSPS) is 19.8. The highest BCUT2D eigenvalue weighted by molar-refractivity contribution is 5.46. The van der Waals surface area contributed by atoms with Crippen molar-refractivity contribution in [3.63, 3.8) is 0 Å². The van der Waals surface area contributed by atoms with E-state index in [0.29, 0.717) is 17.4 Å². The van der Waals surface area contributed by atoms with Crippen LogP contribution in [-0.4, -0.2) is 6.18 Å². The lowest BCUT2D eigenvalue weighted by molar-refractivity contribution is -0.127. The Kier molecular flexibility index (Phi) is 3.11. The molecule has 0 saturated heterocycles. The number of hydrogen-bond acceptors (Lipinski definition) is 0. The molecule has 0 unspecified atom stereocenters. The van der Waals surface area contributed by atoms with Crippen molar-refractivity contribution in [3.05, 3.63) is 34.4 Å². The van der Waals surface area contributed by atoms with Gasteiger partial charge in [0.25, 0.3) is 0 Å². The predicted octanol–water partition coefficient (Wildman–Crippen LogP) is 5.11. The first kappa shape index (κ1) is 13.0. The molecule has 0 aromatic heterocycles. The van der Waals surface area contributed by atoms with E-state index in [1.807, 2.05) is 12.1 Å². The molecule has 1 aromatic rings. The van der Waals surface area contributed by atoms with E-state index in [1.54, 1.807) is 0 Å². The third-order valence-electron chi connectivity index (χ3n) is 4.20. The number of halogens is 3. The minimum Gasteiger partial charge on any atom is -0.171 e. The summed E-state index contributed by atoms with van der Waals surface area (Å²) in [6.07, 6.45) is 0.302. The van der Waals surface area contributed by atoms with Crippen LogP contribution in [0.15, 0.2) is 12.1 Å². The third-order valence-corrected chi connectivity index (χ3v) is 4.20. The fourth-order valence-electron chi connectivity index (χ4n) is 2.91. The molecule has 2 aliphatic carbocycles. The second-order valence-electron chi connectivity index (χ2n) is 5.95. The fraction of sp³-hybridized carbons (Fsp3) is 0.625. The molecule has 1 aromatic carbocycles. The van der Waals surface area contributed by atoms with Crippen LogP contribution in [-0.2, 0) is 12.8 Å². The van der Waals surface area contributed by atoms with Gasteiger partial charge in [-0.3, -0.25) is 0 Å². The van der Waals surface area contributed by atoms with E-state index >= 15 is 0 Å². The molecular formula is C16H19F3. The van der Waals surface area contributed by atoms with Crippen LogP contribution in [0.1, 0.15) is 66.7 Å². The van der Waals surface area contributed by atoms with Gasteiger partial charge in [-0.1, -0.05) is 19.1 Å². The summed E-state index contributed by atoms with van der Waals surface area (Å²) in [7, 11) is 0. The van der Waals surface area contributed by atoms with Crippen molar-refractivity contribution in [1.82, 2.24) is 0 Å². The molecule has 2 saturated carbocycles. The molecular weight excluding hydrogens is 249 g/mol. The van der Waals surface area contributed by atoms with Gasteiger partial charge in [0.05, 0.1) is 6.42 Å². The Morgan fingerprint density at radius 3 is 1.79 bits per heavy atom. The standard InChI is InChI=1S/C16H19F3/c1-2-10-7-13(11-3-4-11)15(9-16(17,18)19)14(8-10)12-5-6-12/h7-8,11-12H,2-6,9H2,1H3. The summed E-state index contributed by atoms with van der Waals surface area (Å²) in [5, 5.41) is 0. The van der Waals surface area contributed by atoms with Gasteiger partial charge < -0.3 is 0 Å². The number of benzene rings is 1. The van der Waals surface area contributed by atoms with E-state index in [0.717, 1.165) is 43.2 Å². The Balaban J connectivity index is 2.06. The van der Waals surface area contributed by atoms with Gasteiger partial charge in [-0.2, -0.15) is 13.2 Å². The molecule has 0 atom stereocenters. The lowest BCUT2D eigenvalue weighted by Crippen LogP contribution is -2.15. The van der Waals surface area contributed by atoms with E-state index < -0.39 is 12.6 Å². The van der Waals surface area contributed by atoms with E-state index in [1.165, 1.54) is 5.56 Å². The Labute approximate surface area is 112 Å². The molecule has 19 heavy (non-hydrogen) atoms. The van der Waals surface area contributed by atoms with Gasteiger partial charge in [0, 0.05) is 0 Å². The quantitative estimate of drug-likeness (QED) is 0.712. The maximum Gasteiger partial charge on any atom is 0.393 e. The van der Waals surface area contributed by atoms with Crippen LogP contribution in [0.25, 0.3) is 0 Å². The number of alkyl halides is 3. The Bertz CT molecular complexity index is 446. The van der Waals surface area contributed by atoms with Gasteiger partial charge in [0.1, 0.15) is 0 Å². The first-order valence-electron chi connectivity index (χ1n) is 7.20. The fourth-order valence-corrected chi connectivity index (χ4v) is 2.91. The summed E-state index contributed by atoms with van der Waals surface area (Å²) in [5.41, 5.74) is 3.81. The maximum absolute atomic E-state index is 12.9. The van der Waals surface area contributed by atoms with Crippen molar-refractivity contribution in [2.45, 2.75) is 63.5 Å². The second-order valence-corrected chi connectivity index (χ2v) is 5.95. The third kappa shape index (κ3) is 2.96. The van der Waals surface area contributed by atoms with Gasteiger partial charge in [0.2, 0.25) is 0 Å². The van der Waals surface area contributed by atoms with Crippen molar-refractivity contribution in [1.29, 1.82) is 0 Å². The van der Waals surface area contributed by atoms with Crippen LogP contribution in [0, 0.1) is 0 Å². The summed E-state index contributed by atoms with van der Waals surface area (Å²) in [6.45, 7) is 2.08. The molecule has 0 amide bonds. The van der Waals surface area contributed by atoms with E-state index in [9.17, 15) is 13.2 Å². The van der Waals surface area contributed by atoms with Crippen molar-refractivity contribution in [2.75, 3.05) is 0 Å². The molecule has 2 aliphatic rings. The highest BCUT2D eigenvalue weighted by Crippen LogP contribution is 2.49. The zero-order valence-corrected chi connectivity index (χ0v) is 11.2. The van der Waals surface area contributed by atoms with Crippen LogP contribution in [0.5, 0.6) is 0 Å². The number of hydrogen-bond donors (Lipinski definition) is 0. The summed E-state index contributed by atoms with van der Waals surface area (Å²) < 4.78 is 38.6. The van der Waals surface area contributed by atoms with Gasteiger partial charge >= 0.3 is 6.18 Å². The lowest BCUT2D eigenvalue weighted by atomic mass is 9.89. The second kappa shape index (κ2) is 4.53. The minimum absolute atomic E-state index is 0.390. The molecule has 0 radical (unpaired) electrons. The number of aryl methyl sites for hydroxylation is 1. The van der Waals surface area contributed by atoms with E-state index in [-0.39, 0.29) is 0 Å². The van der Waals surface area contributed by atoms with Crippen molar-refractivity contribution < 1.29 is 13.2 Å². The van der Waals surface area contributed by atoms with Gasteiger partial charge in [0.15, 0.2) is 0 Å². The molecule has 0 aliphatic heterocycles. The van der Waals surface area contributed by atoms with E-state index in [4.69, 9.17) is 0 Å². The van der Waals surface area contributed by atoms with Gasteiger partial charge in [-0.05, 0) is 66.2 Å². The summed E-state index contributed by atoms with van der Waals surface area (Å²) in [6, 6.07) is 4.06. The zero-order valence-electron chi connectivity index (χ0n) is 11.2. The van der Waals surface area contributed by atoms with Crippen molar-refractivity contribution in [3.8, 4) is 0 Å². The average molecular weight is 268 g/mol. The highest BCUT2D eigenvalue weighted by atomic mass is 19.4. The smallest absolute Gasteiger partial charge is 0.171 e. The molecule has 3 rings (SSSR count). The number of rotatable bonds is 4. The molecule has 104 valence electrons. The molecule has 0 heterocycles.